The molecule has 1 spiro atoms. The van der Waals surface area contributed by atoms with Crippen molar-refractivity contribution in [2.24, 2.45) is 23.0 Å². The van der Waals surface area contributed by atoms with Crippen LogP contribution in [0.5, 0.6) is 0 Å². The number of nitrogens with two attached hydrogens (primary N) is 1. The predicted molar refractivity (Wildman–Crippen MR) is 66.7 cm³/mol. The average Bonchev–Trinajstić information content (AvgIpc) is 2.71. The summed E-state index contributed by atoms with van der Waals surface area (Å²) in [6, 6.07) is 0.367. The Bertz CT molecular complexity index is 297. The van der Waals surface area contributed by atoms with Crippen molar-refractivity contribution in [3.05, 3.63) is 0 Å². The highest BCUT2D eigenvalue weighted by Crippen LogP contribution is 2.55. The van der Waals surface area contributed by atoms with Crippen LogP contribution in [0.1, 0.15) is 39.5 Å². The Balaban J connectivity index is 1.64. The van der Waals surface area contributed by atoms with E-state index in [0.29, 0.717) is 17.4 Å². The van der Waals surface area contributed by atoms with Crippen molar-refractivity contribution in [2.45, 2.75) is 51.2 Å². The summed E-state index contributed by atoms with van der Waals surface area (Å²) in [5, 5.41) is 0. The summed E-state index contributed by atoms with van der Waals surface area (Å²) >= 11 is 0. The first kappa shape index (κ1) is 11.9. The summed E-state index contributed by atoms with van der Waals surface area (Å²) in [7, 11) is 0. The molecule has 0 aromatic heterocycles. The lowest BCUT2D eigenvalue weighted by Gasteiger charge is -2.39. The molecule has 17 heavy (non-hydrogen) atoms. The zero-order valence-corrected chi connectivity index (χ0v) is 11.1. The van der Waals surface area contributed by atoms with E-state index in [-0.39, 0.29) is 5.60 Å². The molecule has 98 valence electrons. The number of hydrogen-bond donors (Lipinski definition) is 1. The van der Waals surface area contributed by atoms with E-state index in [1.54, 1.807) is 0 Å². The number of rotatable bonds is 2. The number of hydrogen-bond acceptors (Lipinski definition) is 3. The Morgan fingerprint density at radius 3 is 2.59 bits per heavy atom. The van der Waals surface area contributed by atoms with E-state index < -0.39 is 0 Å². The molecule has 2 saturated heterocycles. The highest BCUT2D eigenvalue weighted by atomic mass is 16.6. The Kier molecular flexibility index (Phi) is 2.77. The molecule has 0 bridgehead atoms. The van der Waals surface area contributed by atoms with E-state index in [0.717, 1.165) is 45.0 Å². The van der Waals surface area contributed by atoms with Crippen LogP contribution in [0.2, 0.25) is 0 Å². The van der Waals surface area contributed by atoms with E-state index >= 15 is 0 Å². The van der Waals surface area contributed by atoms with Gasteiger partial charge in [-0.2, -0.15) is 0 Å². The molecule has 2 N–H and O–H groups in total. The second kappa shape index (κ2) is 3.94. The van der Waals surface area contributed by atoms with Crippen molar-refractivity contribution in [3.8, 4) is 0 Å². The monoisotopic (exact) mass is 239 g/mol. The molecule has 4 atom stereocenters. The molecule has 3 aliphatic rings. The van der Waals surface area contributed by atoms with Gasteiger partial charge in [-0.05, 0) is 36.5 Å². The molecule has 0 amide bonds. The van der Waals surface area contributed by atoms with E-state index in [9.17, 15) is 0 Å². The van der Waals surface area contributed by atoms with Gasteiger partial charge in [0, 0.05) is 25.7 Å². The van der Waals surface area contributed by atoms with Crippen LogP contribution in [0.3, 0.4) is 0 Å². The molecule has 0 aromatic carbocycles. The third-order valence-corrected chi connectivity index (χ3v) is 5.20. The minimum atomic E-state index is 0.0135. The quantitative estimate of drug-likeness (QED) is 0.801. The molecule has 4 unspecified atom stereocenters. The normalized spacial score (nSPS) is 46.1. The molecule has 3 nitrogen and oxygen atoms in total. The SMILES string of the molecule is CC1(C)CC1C(N)C1CCOC2(CCOC2)C1. The molecule has 0 aromatic rings. The third kappa shape index (κ3) is 2.13. The average molecular weight is 239 g/mol. The summed E-state index contributed by atoms with van der Waals surface area (Å²) in [4.78, 5) is 0. The van der Waals surface area contributed by atoms with Crippen LogP contribution in [0, 0.1) is 17.3 Å². The molecular formula is C14H25NO2. The van der Waals surface area contributed by atoms with Crippen molar-refractivity contribution in [3.63, 3.8) is 0 Å². The molecule has 1 aliphatic carbocycles. The Morgan fingerprint density at radius 1 is 1.24 bits per heavy atom. The van der Waals surface area contributed by atoms with Gasteiger partial charge in [-0.15, -0.1) is 0 Å². The minimum absolute atomic E-state index is 0.0135. The van der Waals surface area contributed by atoms with Gasteiger partial charge >= 0.3 is 0 Å². The maximum absolute atomic E-state index is 6.48. The Hall–Kier alpha value is -0.120. The van der Waals surface area contributed by atoms with Gasteiger partial charge in [0.15, 0.2) is 0 Å². The van der Waals surface area contributed by atoms with Gasteiger partial charge in [-0.25, -0.2) is 0 Å². The maximum atomic E-state index is 6.48. The Morgan fingerprint density at radius 2 is 2.00 bits per heavy atom. The van der Waals surface area contributed by atoms with Gasteiger partial charge in [0.05, 0.1) is 12.2 Å². The predicted octanol–water partition coefficient (Wildman–Crippen LogP) is 1.95. The standard InChI is InChI=1S/C14H25NO2/c1-13(2)8-11(13)12(15)10-3-5-17-14(7-10)4-6-16-9-14/h10-12H,3-9,15H2,1-2H3. The van der Waals surface area contributed by atoms with Crippen LogP contribution < -0.4 is 5.73 Å². The Labute approximate surface area is 104 Å². The zero-order chi connectivity index (χ0) is 12.1. The largest absolute Gasteiger partial charge is 0.378 e. The molecule has 2 heterocycles. The molecule has 3 heteroatoms. The summed E-state index contributed by atoms with van der Waals surface area (Å²) in [6.45, 7) is 7.19. The van der Waals surface area contributed by atoms with Crippen LogP contribution in [0.25, 0.3) is 0 Å². The summed E-state index contributed by atoms with van der Waals surface area (Å²) in [6.07, 6.45) is 4.61. The highest BCUT2D eigenvalue weighted by molar-refractivity contribution is 5.04. The van der Waals surface area contributed by atoms with Crippen LogP contribution in [-0.4, -0.2) is 31.5 Å². The first-order valence-corrected chi connectivity index (χ1v) is 7.00. The summed E-state index contributed by atoms with van der Waals surface area (Å²) in [5.41, 5.74) is 6.98. The molecule has 3 rings (SSSR count). The molecule has 2 aliphatic heterocycles. The first-order valence-electron chi connectivity index (χ1n) is 7.00. The number of ether oxygens (including phenoxy) is 2. The van der Waals surface area contributed by atoms with E-state index in [4.69, 9.17) is 15.2 Å². The fourth-order valence-electron chi connectivity index (χ4n) is 3.75. The van der Waals surface area contributed by atoms with Gasteiger partial charge in [-0.3, -0.25) is 0 Å². The van der Waals surface area contributed by atoms with Gasteiger partial charge in [-0.1, -0.05) is 13.8 Å². The molecular weight excluding hydrogens is 214 g/mol. The van der Waals surface area contributed by atoms with Gasteiger partial charge < -0.3 is 15.2 Å². The fraction of sp³-hybridized carbons (Fsp3) is 1.00. The van der Waals surface area contributed by atoms with E-state index in [2.05, 4.69) is 13.8 Å². The minimum Gasteiger partial charge on any atom is -0.378 e. The smallest absolute Gasteiger partial charge is 0.0939 e. The van der Waals surface area contributed by atoms with Crippen LogP contribution in [0.15, 0.2) is 0 Å². The van der Waals surface area contributed by atoms with E-state index in [1.165, 1.54) is 6.42 Å². The van der Waals surface area contributed by atoms with Crippen molar-refractivity contribution >= 4 is 0 Å². The molecule has 1 saturated carbocycles. The first-order chi connectivity index (χ1) is 8.03. The lowest BCUT2D eigenvalue weighted by Crippen LogP contribution is -2.46. The van der Waals surface area contributed by atoms with Gasteiger partial charge in [0.25, 0.3) is 0 Å². The fourth-order valence-corrected chi connectivity index (χ4v) is 3.75. The third-order valence-electron chi connectivity index (χ3n) is 5.20. The summed E-state index contributed by atoms with van der Waals surface area (Å²) in [5.74, 6) is 1.36. The topological polar surface area (TPSA) is 44.5 Å². The van der Waals surface area contributed by atoms with Crippen LogP contribution in [-0.2, 0) is 9.47 Å². The summed E-state index contributed by atoms with van der Waals surface area (Å²) < 4.78 is 11.5. The van der Waals surface area contributed by atoms with E-state index in [1.807, 2.05) is 0 Å². The van der Waals surface area contributed by atoms with Crippen molar-refractivity contribution in [1.29, 1.82) is 0 Å². The van der Waals surface area contributed by atoms with Crippen LogP contribution >= 0.6 is 0 Å². The zero-order valence-electron chi connectivity index (χ0n) is 11.1. The van der Waals surface area contributed by atoms with Crippen LogP contribution in [0.4, 0.5) is 0 Å². The second-order valence-electron chi connectivity index (χ2n) is 6.96. The lowest BCUT2D eigenvalue weighted by molar-refractivity contribution is -0.102. The van der Waals surface area contributed by atoms with Gasteiger partial charge in [0.1, 0.15) is 0 Å². The molecule has 3 fully saturated rings. The maximum Gasteiger partial charge on any atom is 0.0939 e. The molecule has 0 radical (unpaired) electrons. The van der Waals surface area contributed by atoms with Gasteiger partial charge in [0.2, 0.25) is 0 Å². The second-order valence-corrected chi connectivity index (χ2v) is 6.96. The van der Waals surface area contributed by atoms with Crippen molar-refractivity contribution in [2.75, 3.05) is 19.8 Å². The van der Waals surface area contributed by atoms with Crippen molar-refractivity contribution < 1.29 is 9.47 Å². The lowest BCUT2D eigenvalue weighted by atomic mass is 9.79. The highest BCUT2D eigenvalue weighted by Gasteiger charge is 2.52. The van der Waals surface area contributed by atoms with Crippen molar-refractivity contribution in [1.82, 2.24) is 0 Å².